The number of aromatic nitrogens is 1. The molecule has 0 fully saturated rings. The Morgan fingerprint density at radius 1 is 1.12 bits per heavy atom. The van der Waals surface area contributed by atoms with Crippen LogP contribution in [-0.4, -0.2) is 4.98 Å². The molecule has 1 aromatic carbocycles. The second-order valence-electron chi connectivity index (χ2n) is 4.63. The SMILES string of the molecule is CC(C)c1cccc2cc(-c3cccs3)[nH]c12. The number of rotatable bonds is 2. The van der Waals surface area contributed by atoms with E-state index in [-0.39, 0.29) is 0 Å². The highest BCUT2D eigenvalue weighted by molar-refractivity contribution is 7.13. The molecule has 0 saturated heterocycles. The van der Waals surface area contributed by atoms with Gasteiger partial charge >= 0.3 is 0 Å². The van der Waals surface area contributed by atoms with Crippen LogP contribution >= 0.6 is 11.3 Å². The van der Waals surface area contributed by atoms with Gasteiger partial charge < -0.3 is 4.98 Å². The molecule has 0 amide bonds. The van der Waals surface area contributed by atoms with E-state index in [0.717, 1.165) is 0 Å². The first-order valence-electron chi connectivity index (χ1n) is 5.91. The fourth-order valence-electron chi connectivity index (χ4n) is 2.23. The number of aromatic amines is 1. The van der Waals surface area contributed by atoms with Crippen molar-refractivity contribution < 1.29 is 0 Å². The van der Waals surface area contributed by atoms with Gasteiger partial charge in [-0.25, -0.2) is 0 Å². The molecule has 2 heterocycles. The zero-order chi connectivity index (χ0) is 11.8. The van der Waals surface area contributed by atoms with Crippen molar-refractivity contribution in [2.45, 2.75) is 19.8 Å². The largest absolute Gasteiger partial charge is 0.354 e. The van der Waals surface area contributed by atoms with Crippen molar-refractivity contribution in [1.82, 2.24) is 4.98 Å². The number of H-pyrrole nitrogens is 1. The fourth-order valence-corrected chi connectivity index (χ4v) is 2.92. The molecule has 86 valence electrons. The molecule has 3 aromatic rings. The number of nitrogens with one attached hydrogen (secondary N) is 1. The van der Waals surface area contributed by atoms with Crippen molar-refractivity contribution in [3.05, 3.63) is 47.3 Å². The maximum atomic E-state index is 3.56. The number of fused-ring (bicyclic) bond motifs is 1. The average molecular weight is 241 g/mol. The predicted octanol–water partition coefficient (Wildman–Crippen LogP) is 5.02. The van der Waals surface area contributed by atoms with Gasteiger partial charge in [-0.05, 0) is 29.0 Å². The van der Waals surface area contributed by atoms with Crippen molar-refractivity contribution in [3.8, 4) is 10.6 Å². The first-order chi connectivity index (χ1) is 8.25. The van der Waals surface area contributed by atoms with E-state index in [4.69, 9.17) is 0 Å². The van der Waals surface area contributed by atoms with Crippen molar-refractivity contribution in [3.63, 3.8) is 0 Å². The van der Waals surface area contributed by atoms with E-state index in [2.05, 4.69) is 60.6 Å². The Hall–Kier alpha value is -1.54. The van der Waals surface area contributed by atoms with E-state index in [1.807, 2.05) is 0 Å². The van der Waals surface area contributed by atoms with Crippen LogP contribution in [0.1, 0.15) is 25.3 Å². The number of benzene rings is 1. The highest BCUT2D eigenvalue weighted by Gasteiger charge is 2.09. The maximum Gasteiger partial charge on any atom is 0.0566 e. The van der Waals surface area contributed by atoms with Crippen LogP contribution in [0.15, 0.2) is 41.8 Å². The van der Waals surface area contributed by atoms with E-state index in [0.29, 0.717) is 5.92 Å². The van der Waals surface area contributed by atoms with Gasteiger partial charge in [-0.3, -0.25) is 0 Å². The standard InChI is InChI=1S/C15H15NS/c1-10(2)12-6-3-5-11-9-13(16-15(11)12)14-7-4-8-17-14/h3-10,16H,1-2H3. The van der Waals surface area contributed by atoms with Gasteiger partial charge in [0.1, 0.15) is 0 Å². The van der Waals surface area contributed by atoms with E-state index < -0.39 is 0 Å². The van der Waals surface area contributed by atoms with E-state index in [1.54, 1.807) is 11.3 Å². The molecule has 2 heteroatoms. The lowest BCUT2D eigenvalue weighted by Gasteiger charge is -2.06. The Kier molecular flexibility index (Phi) is 2.52. The van der Waals surface area contributed by atoms with E-state index in [1.165, 1.54) is 27.0 Å². The third-order valence-corrected chi connectivity index (χ3v) is 4.00. The molecule has 1 N–H and O–H groups in total. The van der Waals surface area contributed by atoms with Gasteiger partial charge in [0, 0.05) is 10.9 Å². The third kappa shape index (κ3) is 1.79. The molecule has 17 heavy (non-hydrogen) atoms. The summed E-state index contributed by atoms with van der Waals surface area (Å²) >= 11 is 1.77. The molecule has 0 aliphatic rings. The Morgan fingerprint density at radius 3 is 2.71 bits per heavy atom. The summed E-state index contributed by atoms with van der Waals surface area (Å²) in [6.45, 7) is 4.47. The Balaban J connectivity index is 2.22. The molecular weight excluding hydrogens is 226 g/mol. The summed E-state index contributed by atoms with van der Waals surface area (Å²) in [7, 11) is 0. The number of hydrogen-bond acceptors (Lipinski definition) is 1. The van der Waals surface area contributed by atoms with Crippen molar-refractivity contribution >= 4 is 22.2 Å². The van der Waals surface area contributed by atoms with Crippen molar-refractivity contribution in [2.24, 2.45) is 0 Å². The second-order valence-corrected chi connectivity index (χ2v) is 5.57. The molecule has 0 atom stereocenters. The van der Waals surface area contributed by atoms with Crippen LogP contribution in [0.4, 0.5) is 0 Å². The highest BCUT2D eigenvalue weighted by Crippen LogP contribution is 2.31. The van der Waals surface area contributed by atoms with Gasteiger partial charge in [-0.15, -0.1) is 11.3 Å². The van der Waals surface area contributed by atoms with Crippen molar-refractivity contribution in [2.75, 3.05) is 0 Å². The molecule has 0 radical (unpaired) electrons. The van der Waals surface area contributed by atoms with Gasteiger partial charge in [0.25, 0.3) is 0 Å². The third-order valence-electron chi connectivity index (χ3n) is 3.10. The van der Waals surface area contributed by atoms with Gasteiger partial charge in [-0.1, -0.05) is 38.1 Å². The monoisotopic (exact) mass is 241 g/mol. The first kappa shape index (κ1) is 10.6. The summed E-state index contributed by atoms with van der Waals surface area (Å²) in [4.78, 5) is 4.86. The molecule has 0 spiro atoms. The lowest BCUT2D eigenvalue weighted by atomic mass is 10.0. The Morgan fingerprint density at radius 2 is 2.00 bits per heavy atom. The number of hydrogen-bond donors (Lipinski definition) is 1. The molecule has 3 rings (SSSR count). The quantitative estimate of drug-likeness (QED) is 0.648. The molecule has 0 saturated carbocycles. The molecule has 0 unspecified atom stereocenters. The first-order valence-corrected chi connectivity index (χ1v) is 6.79. The van der Waals surface area contributed by atoms with E-state index in [9.17, 15) is 0 Å². The van der Waals surface area contributed by atoms with Crippen LogP contribution in [-0.2, 0) is 0 Å². The van der Waals surface area contributed by atoms with Gasteiger partial charge in [0.15, 0.2) is 0 Å². The average Bonchev–Trinajstić information content (AvgIpc) is 2.96. The fraction of sp³-hybridized carbons (Fsp3) is 0.200. The highest BCUT2D eigenvalue weighted by atomic mass is 32.1. The number of thiophene rings is 1. The summed E-state index contributed by atoms with van der Waals surface area (Å²) in [5.41, 5.74) is 3.90. The zero-order valence-corrected chi connectivity index (χ0v) is 10.8. The van der Waals surface area contributed by atoms with Gasteiger partial charge in [-0.2, -0.15) is 0 Å². The van der Waals surface area contributed by atoms with Crippen LogP contribution in [0.2, 0.25) is 0 Å². The van der Waals surface area contributed by atoms with Gasteiger partial charge in [0.05, 0.1) is 10.6 Å². The van der Waals surface area contributed by atoms with E-state index >= 15 is 0 Å². The predicted molar refractivity (Wildman–Crippen MR) is 75.7 cm³/mol. The summed E-state index contributed by atoms with van der Waals surface area (Å²) < 4.78 is 0. The topological polar surface area (TPSA) is 15.8 Å². The number of para-hydroxylation sites is 1. The summed E-state index contributed by atoms with van der Waals surface area (Å²) in [6, 6.07) is 13.0. The molecule has 0 aliphatic carbocycles. The second kappa shape index (κ2) is 4.04. The van der Waals surface area contributed by atoms with Crippen LogP contribution in [0, 0.1) is 0 Å². The summed E-state index contributed by atoms with van der Waals surface area (Å²) in [5, 5.41) is 3.42. The minimum absolute atomic E-state index is 0.550. The van der Waals surface area contributed by atoms with Crippen LogP contribution in [0.5, 0.6) is 0 Å². The Bertz CT molecular complexity index is 632. The van der Waals surface area contributed by atoms with Crippen molar-refractivity contribution in [1.29, 1.82) is 0 Å². The molecule has 0 bridgehead atoms. The van der Waals surface area contributed by atoms with Gasteiger partial charge in [0.2, 0.25) is 0 Å². The summed E-state index contributed by atoms with van der Waals surface area (Å²) in [6.07, 6.45) is 0. The minimum atomic E-state index is 0.550. The molecule has 0 aliphatic heterocycles. The maximum absolute atomic E-state index is 3.56. The normalized spacial score (nSPS) is 11.5. The lowest BCUT2D eigenvalue weighted by Crippen LogP contribution is -1.88. The molecular formula is C15H15NS. The smallest absolute Gasteiger partial charge is 0.0566 e. The van der Waals surface area contributed by atoms with Crippen LogP contribution in [0.25, 0.3) is 21.5 Å². The van der Waals surface area contributed by atoms with Crippen LogP contribution in [0.3, 0.4) is 0 Å². The lowest BCUT2D eigenvalue weighted by molar-refractivity contribution is 0.874. The minimum Gasteiger partial charge on any atom is -0.354 e. The molecule has 1 nitrogen and oxygen atoms in total. The zero-order valence-electron chi connectivity index (χ0n) is 10.0. The van der Waals surface area contributed by atoms with Crippen LogP contribution < -0.4 is 0 Å². The Labute approximate surface area is 105 Å². The summed E-state index contributed by atoms with van der Waals surface area (Å²) in [5.74, 6) is 0.550. The molecule has 2 aromatic heterocycles.